The van der Waals surface area contributed by atoms with Crippen LogP contribution in [0.1, 0.15) is 11.3 Å². The number of hydrogen-bond donors (Lipinski definition) is 2. The number of nitrogens with two attached hydrogens (primary N) is 1. The molecular weight excluding hydrogens is 292 g/mol. The first-order valence-electron chi connectivity index (χ1n) is 6.14. The van der Waals surface area contributed by atoms with Crippen molar-refractivity contribution in [2.24, 2.45) is 5.14 Å². The van der Waals surface area contributed by atoms with E-state index in [0.29, 0.717) is 18.4 Å². The van der Waals surface area contributed by atoms with Crippen LogP contribution < -0.4 is 15.2 Å². The van der Waals surface area contributed by atoms with E-state index in [-0.39, 0.29) is 4.90 Å². The van der Waals surface area contributed by atoms with Gasteiger partial charge in [-0.25, -0.2) is 18.5 Å². The Labute approximate surface area is 123 Å². The zero-order valence-electron chi connectivity index (χ0n) is 11.7. The minimum absolute atomic E-state index is 0.0831. The average molecular weight is 308 g/mol. The molecule has 2 aromatic rings. The van der Waals surface area contributed by atoms with Gasteiger partial charge in [0.2, 0.25) is 21.9 Å². The summed E-state index contributed by atoms with van der Waals surface area (Å²) >= 11 is 0. The van der Waals surface area contributed by atoms with E-state index in [1.165, 1.54) is 19.2 Å². The summed E-state index contributed by atoms with van der Waals surface area (Å²) < 4.78 is 27.4. The van der Waals surface area contributed by atoms with Gasteiger partial charge >= 0.3 is 0 Å². The molecule has 1 heterocycles. The summed E-state index contributed by atoms with van der Waals surface area (Å²) in [5.41, 5.74) is 1.67. The molecule has 0 unspecified atom stereocenters. The average Bonchev–Trinajstić information content (AvgIpc) is 2.44. The molecule has 2 rings (SSSR count). The standard InChI is InChI=1S/C13H16N4O3S/c1-9-7-12(20-2)17-13(16-9)15-8-10-3-5-11(6-4-10)21(14,18)19/h3-7H,8H2,1-2H3,(H2,14,18,19)(H,15,16,17). The normalized spacial score (nSPS) is 11.2. The fourth-order valence-electron chi connectivity index (χ4n) is 1.70. The summed E-state index contributed by atoms with van der Waals surface area (Å²) in [6.07, 6.45) is 0. The third-order valence-electron chi connectivity index (χ3n) is 2.74. The van der Waals surface area contributed by atoms with Gasteiger partial charge in [0.05, 0.1) is 12.0 Å². The number of anilines is 1. The summed E-state index contributed by atoms with van der Waals surface area (Å²) in [6.45, 7) is 2.30. The fraction of sp³-hybridized carbons (Fsp3) is 0.231. The molecule has 0 aliphatic carbocycles. The molecule has 1 aromatic heterocycles. The summed E-state index contributed by atoms with van der Waals surface area (Å²) in [5, 5.41) is 8.09. The van der Waals surface area contributed by atoms with Crippen molar-refractivity contribution < 1.29 is 13.2 Å². The van der Waals surface area contributed by atoms with Crippen LogP contribution in [0.5, 0.6) is 5.88 Å². The molecule has 0 aliphatic heterocycles. The van der Waals surface area contributed by atoms with Crippen LogP contribution in [0.3, 0.4) is 0 Å². The summed E-state index contributed by atoms with van der Waals surface area (Å²) in [5.74, 6) is 0.928. The molecule has 1 aromatic carbocycles. The van der Waals surface area contributed by atoms with Gasteiger partial charge < -0.3 is 10.1 Å². The molecular formula is C13H16N4O3S. The highest BCUT2D eigenvalue weighted by Gasteiger charge is 2.07. The number of ether oxygens (including phenoxy) is 1. The number of hydrogen-bond acceptors (Lipinski definition) is 6. The second kappa shape index (κ2) is 6.06. The number of aryl methyl sites for hydroxylation is 1. The van der Waals surface area contributed by atoms with E-state index in [0.717, 1.165) is 11.3 Å². The number of sulfonamides is 1. The molecule has 0 atom stereocenters. The highest BCUT2D eigenvalue weighted by molar-refractivity contribution is 7.89. The maximum absolute atomic E-state index is 11.2. The number of methoxy groups -OCH3 is 1. The molecule has 3 N–H and O–H groups in total. The van der Waals surface area contributed by atoms with Gasteiger partial charge in [0.1, 0.15) is 0 Å². The van der Waals surface area contributed by atoms with E-state index < -0.39 is 10.0 Å². The highest BCUT2D eigenvalue weighted by atomic mass is 32.2. The van der Waals surface area contributed by atoms with Crippen molar-refractivity contribution in [1.29, 1.82) is 0 Å². The Morgan fingerprint density at radius 1 is 1.24 bits per heavy atom. The van der Waals surface area contributed by atoms with Gasteiger partial charge in [-0.2, -0.15) is 4.98 Å². The first-order valence-corrected chi connectivity index (χ1v) is 7.68. The van der Waals surface area contributed by atoms with Gasteiger partial charge in [0, 0.05) is 18.3 Å². The van der Waals surface area contributed by atoms with Gasteiger partial charge in [-0.3, -0.25) is 0 Å². The summed E-state index contributed by atoms with van der Waals surface area (Å²) in [6, 6.07) is 8.01. The first-order chi connectivity index (χ1) is 9.88. The highest BCUT2D eigenvalue weighted by Crippen LogP contribution is 2.13. The fourth-order valence-corrected chi connectivity index (χ4v) is 2.22. The van der Waals surface area contributed by atoms with Crippen molar-refractivity contribution in [3.8, 4) is 5.88 Å². The van der Waals surface area contributed by atoms with E-state index in [2.05, 4.69) is 15.3 Å². The Hall–Kier alpha value is -2.19. The van der Waals surface area contributed by atoms with E-state index >= 15 is 0 Å². The van der Waals surface area contributed by atoms with Crippen LogP contribution in [0, 0.1) is 6.92 Å². The molecule has 0 spiro atoms. The predicted molar refractivity (Wildman–Crippen MR) is 78.5 cm³/mol. The SMILES string of the molecule is COc1cc(C)nc(NCc2ccc(S(N)(=O)=O)cc2)n1. The molecule has 0 aliphatic rings. The number of rotatable bonds is 5. The number of nitrogens with one attached hydrogen (secondary N) is 1. The van der Waals surface area contributed by atoms with Crippen LogP contribution in [0.15, 0.2) is 35.2 Å². The van der Waals surface area contributed by atoms with E-state index in [1.54, 1.807) is 18.2 Å². The van der Waals surface area contributed by atoms with E-state index in [1.807, 2.05) is 6.92 Å². The number of primary sulfonamides is 1. The molecule has 7 nitrogen and oxygen atoms in total. The third-order valence-corrected chi connectivity index (χ3v) is 3.67. The minimum atomic E-state index is -3.66. The molecule has 8 heteroatoms. The van der Waals surface area contributed by atoms with Crippen LogP contribution >= 0.6 is 0 Å². The Bertz CT molecular complexity index is 730. The van der Waals surface area contributed by atoms with Gasteiger partial charge in [-0.15, -0.1) is 0 Å². The van der Waals surface area contributed by atoms with Crippen LogP contribution in [-0.2, 0) is 16.6 Å². The Morgan fingerprint density at radius 2 is 1.90 bits per heavy atom. The van der Waals surface area contributed by atoms with Crippen LogP contribution in [0.4, 0.5) is 5.95 Å². The zero-order chi connectivity index (χ0) is 15.5. The van der Waals surface area contributed by atoms with Crippen molar-refractivity contribution >= 4 is 16.0 Å². The molecule has 0 saturated carbocycles. The monoisotopic (exact) mass is 308 g/mol. The van der Waals surface area contributed by atoms with Crippen molar-refractivity contribution in [3.63, 3.8) is 0 Å². The maximum Gasteiger partial charge on any atom is 0.238 e. The van der Waals surface area contributed by atoms with Gasteiger partial charge in [-0.1, -0.05) is 12.1 Å². The van der Waals surface area contributed by atoms with Crippen LogP contribution in [0.25, 0.3) is 0 Å². The summed E-state index contributed by atoms with van der Waals surface area (Å²) in [7, 11) is -2.12. The quantitative estimate of drug-likeness (QED) is 0.855. The predicted octanol–water partition coefficient (Wildman–Crippen LogP) is 1.05. The third kappa shape index (κ3) is 4.14. The Kier molecular flexibility index (Phi) is 4.39. The molecule has 0 fully saturated rings. The smallest absolute Gasteiger partial charge is 0.238 e. The topological polar surface area (TPSA) is 107 Å². The molecule has 0 amide bonds. The van der Waals surface area contributed by atoms with Crippen molar-refractivity contribution in [2.75, 3.05) is 12.4 Å². The Morgan fingerprint density at radius 3 is 2.48 bits per heavy atom. The minimum Gasteiger partial charge on any atom is -0.481 e. The van der Waals surface area contributed by atoms with Crippen LogP contribution in [0.2, 0.25) is 0 Å². The van der Waals surface area contributed by atoms with Crippen LogP contribution in [-0.4, -0.2) is 25.5 Å². The van der Waals surface area contributed by atoms with Gasteiger partial charge in [0.15, 0.2) is 0 Å². The van der Waals surface area contributed by atoms with Crippen molar-refractivity contribution in [1.82, 2.24) is 9.97 Å². The van der Waals surface area contributed by atoms with E-state index in [9.17, 15) is 8.42 Å². The molecule has 112 valence electrons. The number of nitrogens with zero attached hydrogens (tertiary/aromatic N) is 2. The molecule has 0 bridgehead atoms. The Balaban J connectivity index is 2.08. The maximum atomic E-state index is 11.2. The zero-order valence-corrected chi connectivity index (χ0v) is 12.5. The molecule has 0 saturated heterocycles. The number of aromatic nitrogens is 2. The van der Waals surface area contributed by atoms with Crippen molar-refractivity contribution in [2.45, 2.75) is 18.4 Å². The molecule has 0 radical (unpaired) electrons. The summed E-state index contributed by atoms with van der Waals surface area (Å²) in [4.78, 5) is 8.48. The van der Waals surface area contributed by atoms with E-state index in [4.69, 9.17) is 9.88 Å². The van der Waals surface area contributed by atoms with Crippen molar-refractivity contribution in [3.05, 3.63) is 41.6 Å². The number of benzene rings is 1. The lowest BCUT2D eigenvalue weighted by Gasteiger charge is -2.08. The second-order valence-corrected chi connectivity index (χ2v) is 5.98. The lowest BCUT2D eigenvalue weighted by atomic mass is 10.2. The van der Waals surface area contributed by atoms with Gasteiger partial charge in [0.25, 0.3) is 0 Å². The largest absolute Gasteiger partial charge is 0.481 e. The lowest BCUT2D eigenvalue weighted by Crippen LogP contribution is -2.12. The second-order valence-electron chi connectivity index (χ2n) is 4.42. The van der Waals surface area contributed by atoms with Gasteiger partial charge in [-0.05, 0) is 24.6 Å². The first kappa shape index (κ1) is 15.2. The lowest BCUT2D eigenvalue weighted by molar-refractivity contribution is 0.397. The molecule has 21 heavy (non-hydrogen) atoms.